The number of hydrogen-bond donors (Lipinski definition) is 1. The number of benzene rings is 2. The molecule has 112 valence electrons. The first-order valence-electron chi connectivity index (χ1n) is 6.69. The van der Waals surface area contributed by atoms with Crippen LogP contribution >= 0.6 is 0 Å². The first kappa shape index (κ1) is 14.0. The van der Waals surface area contributed by atoms with Crippen molar-refractivity contribution in [2.45, 2.75) is 0 Å². The summed E-state index contributed by atoms with van der Waals surface area (Å²) in [5, 5.41) is 0.395. The van der Waals surface area contributed by atoms with Gasteiger partial charge >= 0.3 is 0 Å². The van der Waals surface area contributed by atoms with Crippen LogP contribution in [0, 0.1) is 0 Å². The van der Waals surface area contributed by atoms with E-state index in [1.165, 1.54) is 6.07 Å². The second kappa shape index (κ2) is 5.44. The molecule has 5 heteroatoms. The van der Waals surface area contributed by atoms with Crippen molar-refractivity contribution in [2.24, 2.45) is 0 Å². The van der Waals surface area contributed by atoms with Crippen LogP contribution < -0.4 is 20.6 Å². The van der Waals surface area contributed by atoms with E-state index in [2.05, 4.69) is 0 Å². The minimum atomic E-state index is -0.177. The first-order chi connectivity index (χ1) is 10.6. The van der Waals surface area contributed by atoms with Gasteiger partial charge in [-0.15, -0.1) is 0 Å². The summed E-state index contributed by atoms with van der Waals surface area (Å²) in [5.74, 6) is 1.62. The molecule has 1 aromatic heterocycles. The quantitative estimate of drug-likeness (QED) is 0.752. The number of ether oxygens (including phenoxy) is 2. The molecular weight excluding hydrogens is 282 g/mol. The van der Waals surface area contributed by atoms with Gasteiger partial charge in [0.25, 0.3) is 0 Å². The summed E-state index contributed by atoms with van der Waals surface area (Å²) < 4.78 is 16.3. The number of fused-ring (bicyclic) bond motifs is 1. The predicted molar refractivity (Wildman–Crippen MR) is 85.4 cm³/mol. The Hall–Kier alpha value is -2.95. The van der Waals surface area contributed by atoms with Gasteiger partial charge in [-0.2, -0.15) is 0 Å². The molecule has 0 aliphatic carbocycles. The zero-order valence-electron chi connectivity index (χ0n) is 12.3. The molecule has 2 N–H and O–H groups in total. The zero-order chi connectivity index (χ0) is 15.7. The van der Waals surface area contributed by atoms with Crippen molar-refractivity contribution in [1.29, 1.82) is 0 Å². The molecule has 0 atom stereocenters. The van der Waals surface area contributed by atoms with Crippen LogP contribution in [-0.2, 0) is 0 Å². The van der Waals surface area contributed by atoms with Gasteiger partial charge in [-0.3, -0.25) is 4.79 Å². The van der Waals surface area contributed by atoms with E-state index in [4.69, 9.17) is 19.6 Å². The largest absolute Gasteiger partial charge is 0.493 e. The maximum absolute atomic E-state index is 12.3. The highest BCUT2D eigenvalue weighted by Crippen LogP contribution is 2.33. The van der Waals surface area contributed by atoms with Crippen LogP contribution in [0.4, 0.5) is 5.69 Å². The molecule has 22 heavy (non-hydrogen) atoms. The molecular formula is C17H15NO4. The molecule has 2 aromatic carbocycles. The summed E-state index contributed by atoms with van der Waals surface area (Å²) in [6.45, 7) is 0. The summed E-state index contributed by atoms with van der Waals surface area (Å²) >= 11 is 0. The summed E-state index contributed by atoms with van der Waals surface area (Å²) in [6.07, 6.45) is 0. The summed E-state index contributed by atoms with van der Waals surface area (Å²) in [7, 11) is 3.12. The van der Waals surface area contributed by atoms with Gasteiger partial charge in [0.2, 0.25) is 0 Å². The lowest BCUT2D eigenvalue weighted by Crippen LogP contribution is -2.03. The number of anilines is 1. The fourth-order valence-corrected chi connectivity index (χ4v) is 2.37. The maximum atomic E-state index is 12.3. The minimum Gasteiger partial charge on any atom is -0.493 e. The van der Waals surface area contributed by atoms with Crippen molar-refractivity contribution < 1.29 is 13.9 Å². The maximum Gasteiger partial charge on any atom is 0.195 e. The normalized spacial score (nSPS) is 10.6. The van der Waals surface area contributed by atoms with E-state index in [1.807, 2.05) is 0 Å². The van der Waals surface area contributed by atoms with Crippen LogP contribution in [0.3, 0.4) is 0 Å². The van der Waals surface area contributed by atoms with E-state index < -0.39 is 0 Å². The Kier molecular flexibility index (Phi) is 3.47. The number of hydrogen-bond acceptors (Lipinski definition) is 5. The smallest absolute Gasteiger partial charge is 0.195 e. The highest BCUT2D eigenvalue weighted by Gasteiger charge is 2.11. The van der Waals surface area contributed by atoms with Gasteiger partial charge in [-0.05, 0) is 30.3 Å². The number of methoxy groups -OCH3 is 2. The molecule has 0 fully saturated rings. The Balaban J connectivity index is 2.21. The van der Waals surface area contributed by atoms with Crippen LogP contribution in [0.2, 0.25) is 0 Å². The Morgan fingerprint density at radius 1 is 1.00 bits per heavy atom. The molecule has 0 aliphatic rings. The number of rotatable bonds is 3. The first-order valence-corrected chi connectivity index (χ1v) is 6.69. The Morgan fingerprint density at radius 3 is 2.50 bits per heavy atom. The van der Waals surface area contributed by atoms with Gasteiger partial charge in [0.05, 0.1) is 19.6 Å². The summed E-state index contributed by atoms with van der Waals surface area (Å²) in [5.41, 5.74) is 7.24. The molecule has 3 rings (SSSR count). The van der Waals surface area contributed by atoms with Crippen LogP contribution in [0.15, 0.2) is 51.7 Å². The minimum absolute atomic E-state index is 0.177. The second-order valence-corrected chi connectivity index (χ2v) is 4.77. The number of nitrogen functional groups attached to an aromatic ring is 1. The molecule has 0 aliphatic heterocycles. The molecule has 5 nitrogen and oxygen atoms in total. The van der Waals surface area contributed by atoms with Gasteiger partial charge in [-0.1, -0.05) is 6.07 Å². The predicted octanol–water partition coefficient (Wildman–Crippen LogP) is 3.06. The second-order valence-electron chi connectivity index (χ2n) is 4.77. The SMILES string of the molecule is COc1ccc(-c2cc(=O)c3c(N)cccc3o2)cc1OC. The molecule has 0 bridgehead atoms. The van der Waals surface area contributed by atoms with Crippen LogP contribution in [0.5, 0.6) is 11.5 Å². The highest BCUT2D eigenvalue weighted by molar-refractivity contribution is 5.89. The van der Waals surface area contributed by atoms with Crippen LogP contribution in [0.25, 0.3) is 22.3 Å². The monoisotopic (exact) mass is 297 g/mol. The zero-order valence-corrected chi connectivity index (χ0v) is 12.3. The fraction of sp³-hybridized carbons (Fsp3) is 0.118. The fourth-order valence-electron chi connectivity index (χ4n) is 2.37. The van der Waals surface area contributed by atoms with Crippen LogP contribution in [-0.4, -0.2) is 14.2 Å². The van der Waals surface area contributed by atoms with Crippen molar-refractivity contribution in [1.82, 2.24) is 0 Å². The average molecular weight is 297 g/mol. The van der Waals surface area contributed by atoms with E-state index in [9.17, 15) is 4.79 Å². The van der Waals surface area contributed by atoms with E-state index in [-0.39, 0.29) is 5.43 Å². The van der Waals surface area contributed by atoms with Crippen molar-refractivity contribution >= 4 is 16.7 Å². The third-order valence-electron chi connectivity index (χ3n) is 3.46. The Morgan fingerprint density at radius 2 is 1.77 bits per heavy atom. The third kappa shape index (κ3) is 2.26. The molecule has 0 saturated heterocycles. The van der Waals surface area contributed by atoms with Gasteiger partial charge in [0, 0.05) is 17.3 Å². The van der Waals surface area contributed by atoms with E-state index in [1.54, 1.807) is 50.6 Å². The van der Waals surface area contributed by atoms with Gasteiger partial charge in [0.1, 0.15) is 11.3 Å². The van der Waals surface area contributed by atoms with Crippen molar-refractivity contribution in [3.8, 4) is 22.8 Å². The Labute approximate surface area is 126 Å². The Bertz CT molecular complexity index is 899. The standard InChI is InChI=1S/C17H15NO4/c1-20-13-7-6-10(8-16(13)21-2)15-9-12(19)17-11(18)4-3-5-14(17)22-15/h3-9H,18H2,1-2H3. The average Bonchev–Trinajstić information content (AvgIpc) is 2.53. The lowest BCUT2D eigenvalue weighted by molar-refractivity contribution is 0.355. The molecule has 0 amide bonds. The number of nitrogens with two attached hydrogens (primary N) is 1. The van der Waals surface area contributed by atoms with Crippen LogP contribution in [0.1, 0.15) is 0 Å². The van der Waals surface area contributed by atoms with Gasteiger partial charge in [-0.25, -0.2) is 0 Å². The molecule has 0 spiro atoms. The lowest BCUT2D eigenvalue weighted by atomic mass is 10.1. The topological polar surface area (TPSA) is 74.7 Å². The summed E-state index contributed by atoms with van der Waals surface area (Å²) in [4.78, 5) is 12.3. The molecule has 0 unspecified atom stereocenters. The van der Waals surface area contributed by atoms with Gasteiger partial charge < -0.3 is 19.6 Å². The molecule has 0 radical (unpaired) electrons. The van der Waals surface area contributed by atoms with Crippen molar-refractivity contribution in [2.75, 3.05) is 20.0 Å². The van der Waals surface area contributed by atoms with Crippen molar-refractivity contribution in [3.63, 3.8) is 0 Å². The molecule has 1 heterocycles. The highest BCUT2D eigenvalue weighted by atomic mass is 16.5. The third-order valence-corrected chi connectivity index (χ3v) is 3.46. The molecule has 0 saturated carbocycles. The lowest BCUT2D eigenvalue weighted by Gasteiger charge is -2.09. The van der Waals surface area contributed by atoms with Gasteiger partial charge in [0.15, 0.2) is 16.9 Å². The van der Waals surface area contributed by atoms with E-state index >= 15 is 0 Å². The van der Waals surface area contributed by atoms with Crippen molar-refractivity contribution in [3.05, 3.63) is 52.7 Å². The van der Waals surface area contributed by atoms with E-state index in [0.717, 1.165) is 5.56 Å². The molecule has 3 aromatic rings. The summed E-state index contributed by atoms with van der Waals surface area (Å²) in [6, 6.07) is 11.9. The van der Waals surface area contributed by atoms with E-state index in [0.29, 0.717) is 33.9 Å².